The number of hydrogen-bond donors (Lipinski definition) is 0. The third-order valence-corrected chi connectivity index (χ3v) is 6.56. The first-order valence-electron chi connectivity index (χ1n) is 6.86. The fraction of sp³-hybridized carbons (Fsp3) is 0.625. The van der Waals surface area contributed by atoms with E-state index in [-0.39, 0.29) is 15.2 Å². The van der Waals surface area contributed by atoms with Gasteiger partial charge in [0.25, 0.3) is 0 Å². The van der Waals surface area contributed by atoms with Gasteiger partial charge in [-0.3, -0.25) is 0 Å². The van der Waals surface area contributed by atoms with Crippen molar-refractivity contribution in [1.29, 1.82) is 0 Å². The number of benzene rings is 1. The fourth-order valence-electron chi connectivity index (χ4n) is 2.16. The molecule has 0 spiro atoms. The summed E-state index contributed by atoms with van der Waals surface area (Å²) in [7, 11) is 4.27. The van der Waals surface area contributed by atoms with Crippen molar-refractivity contribution in [2.75, 3.05) is 19.0 Å². The van der Waals surface area contributed by atoms with Crippen LogP contribution in [0.4, 0.5) is 5.69 Å². The van der Waals surface area contributed by atoms with Crippen molar-refractivity contribution >= 4 is 45.6 Å². The van der Waals surface area contributed by atoms with Crippen LogP contribution in [0.2, 0.25) is 0 Å². The summed E-state index contributed by atoms with van der Waals surface area (Å²) < 4.78 is -0.374. The molecule has 0 saturated heterocycles. The molecule has 0 heterocycles. The molecule has 0 aromatic heterocycles. The summed E-state index contributed by atoms with van der Waals surface area (Å²) in [4.78, 5) is 2.24. The zero-order valence-corrected chi connectivity index (χ0v) is 18.2. The van der Waals surface area contributed by atoms with Gasteiger partial charge in [-0.05, 0) is 0 Å². The van der Waals surface area contributed by atoms with Gasteiger partial charge < -0.3 is 0 Å². The van der Waals surface area contributed by atoms with Crippen LogP contribution in [0.25, 0.3) is 0 Å². The third-order valence-electron chi connectivity index (χ3n) is 3.43. The van der Waals surface area contributed by atoms with Crippen LogP contribution in [-0.2, 0) is 10.8 Å². The number of anilines is 1. The Balaban J connectivity index is 3.83. The Morgan fingerprint density at radius 1 is 0.900 bits per heavy atom. The normalized spacial score (nSPS) is 12.4. The van der Waals surface area contributed by atoms with Crippen LogP contribution in [0.3, 0.4) is 0 Å². The van der Waals surface area contributed by atoms with E-state index in [1.54, 1.807) is 0 Å². The Hall–Kier alpha value is 0.359. The van der Waals surface area contributed by atoms with Crippen LogP contribution in [0.5, 0.6) is 0 Å². The molecule has 1 nitrogen and oxygen atoms in total. The van der Waals surface area contributed by atoms with Gasteiger partial charge in [0.05, 0.1) is 0 Å². The predicted octanol–water partition coefficient (Wildman–Crippen LogP) is 3.62. The fourth-order valence-corrected chi connectivity index (χ4v) is 5.62. The van der Waals surface area contributed by atoms with Gasteiger partial charge in [0, 0.05) is 0 Å². The van der Waals surface area contributed by atoms with Crippen LogP contribution in [-0.4, -0.2) is 44.3 Å². The number of hydrogen-bond acceptors (Lipinski definition) is 1. The molecule has 0 amide bonds. The van der Waals surface area contributed by atoms with Crippen LogP contribution in [0, 0.1) is 0 Å². The molecule has 1 aromatic carbocycles. The Morgan fingerprint density at radius 3 is 1.70 bits per heavy atom. The Morgan fingerprint density at radius 2 is 1.40 bits per heavy atom. The molecule has 0 N–H and O–H groups in total. The molecule has 0 aliphatic heterocycles. The van der Waals surface area contributed by atoms with Crippen molar-refractivity contribution in [3.8, 4) is 0 Å². The molecule has 20 heavy (non-hydrogen) atoms. The second-order valence-electron chi connectivity index (χ2n) is 7.54. The van der Waals surface area contributed by atoms with Crippen molar-refractivity contribution in [3.05, 3.63) is 23.3 Å². The van der Waals surface area contributed by atoms with Gasteiger partial charge >= 0.3 is 140 Å². The third kappa shape index (κ3) is 4.18. The molecule has 0 aliphatic carbocycles. The topological polar surface area (TPSA) is 3.24 Å². The van der Waals surface area contributed by atoms with E-state index in [9.17, 15) is 0 Å². The SMILES string of the molecule is CN(C)c1cc(C(C)(C)C)cc(C(C)(C)C)c1P(=[Se])=[Se]. The van der Waals surface area contributed by atoms with E-state index in [0.29, 0.717) is 0 Å². The van der Waals surface area contributed by atoms with Gasteiger partial charge in [-0.1, -0.05) is 0 Å². The first-order valence-corrected chi connectivity index (χ1v) is 12.6. The summed E-state index contributed by atoms with van der Waals surface area (Å²) in [5, 5.41) is 1.45. The van der Waals surface area contributed by atoms with Crippen molar-refractivity contribution in [2.24, 2.45) is 0 Å². The van der Waals surface area contributed by atoms with Crippen molar-refractivity contribution in [1.82, 2.24) is 0 Å². The molecule has 112 valence electrons. The molecule has 4 heteroatoms. The quantitative estimate of drug-likeness (QED) is 0.521. The van der Waals surface area contributed by atoms with Crippen LogP contribution in [0.15, 0.2) is 12.1 Å². The monoisotopic (exact) mass is 423 g/mol. The summed E-state index contributed by atoms with van der Waals surface area (Å²) >= 11 is 6.61. The van der Waals surface area contributed by atoms with Crippen LogP contribution >= 0.6 is 4.41 Å². The van der Waals surface area contributed by atoms with Gasteiger partial charge in [0.2, 0.25) is 0 Å². The zero-order valence-electron chi connectivity index (χ0n) is 13.9. The molecule has 1 aromatic rings. The van der Waals surface area contributed by atoms with Gasteiger partial charge in [0.1, 0.15) is 0 Å². The predicted molar refractivity (Wildman–Crippen MR) is 96.2 cm³/mol. The van der Waals surface area contributed by atoms with E-state index in [2.05, 4.69) is 103 Å². The van der Waals surface area contributed by atoms with Gasteiger partial charge in [0.15, 0.2) is 0 Å². The first-order chi connectivity index (χ1) is 8.85. The maximum atomic E-state index is 3.30. The molecule has 1 rings (SSSR count). The molecule has 0 atom stereocenters. The van der Waals surface area contributed by atoms with E-state index in [1.165, 1.54) is 22.1 Å². The van der Waals surface area contributed by atoms with Crippen molar-refractivity contribution in [2.45, 2.75) is 52.4 Å². The van der Waals surface area contributed by atoms with E-state index in [1.807, 2.05) is 0 Å². The van der Waals surface area contributed by atoms with E-state index in [0.717, 1.165) is 0 Å². The molecule has 0 bridgehead atoms. The molecule has 0 radical (unpaired) electrons. The average Bonchev–Trinajstić information content (AvgIpc) is 2.24. The minimum atomic E-state index is -0.374. The van der Waals surface area contributed by atoms with Gasteiger partial charge in [-0.25, -0.2) is 0 Å². The van der Waals surface area contributed by atoms with Crippen LogP contribution in [0.1, 0.15) is 52.7 Å². The van der Waals surface area contributed by atoms with Crippen molar-refractivity contribution in [3.63, 3.8) is 0 Å². The molecular formula is C16H26NPSe2. The molecule has 0 fully saturated rings. The van der Waals surface area contributed by atoms with Gasteiger partial charge in [-0.15, -0.1) is 0 Å². The second kappa shape index (κ2) is 6.23. The summed E-state index contributed by atoms with van der Waals surface area (Å²) in [6.07, 6.45) is 0. The van der Waals surface area contributed by atoms with Crippen LogP contribution < -0.4 is 10.2 Å². The molecule has 0 aliphatic rings. The number of nitrogens with zero attached hydrogens (tertiary/aromatic N) is 1. The second-order valence-corrected chi connectivity index (χ2v) is 16.6. The van der Waals surface area contributed by atoms with Gasteiger partial charge in [-0.2, -0.15) is 0 Å². The maximum absolute atomic E-state index is 3.30. The summed E-state index contributed by atoms with van der Waals surface area (Å²) in [5.74, 6) is 0. The van der Waals surface area contributed by atoms with E-state index < -0.39 is 0 Å². The zero-order chi connectivity index (χ0) is 15.9. The molecular weight excluding hydrogens is 395 g/mol. The minimum absolute atomic E-state index is 0.148. The standard InChI is InChI=1S/C16H26NPSe2/c1-15(2,3)11-9-12(16(4,5)6)14(18(19)20)13(10-11)17(7)8/h9-10H,1-8H3. The van der Waals surface area contributed by atoms with E-state index >= 15 is 0 Å². The number of rotatable bonds is 2. The average molecular weight is 421 g/mol. The Bertz CT molecular complexity index is 565. The van der Waals surface area contributed by atoms with E-state index in [4.69, 9.17) is 0 Å². The Kier molecular flexibility index (Phi) is 5.74. The first kappa shape index (κ1) is 18.4. The molecule has 0 unspecified atom stereocenters. The summed E-state index contributed by atoms with van der Waals surface area (Å²) in [6.45, 7) is 13.8. The molecule has 0 saturated carbocycles. The van der Waals surface area contributed by atoms with Crippen molar-refractivity contribution < 1.29 is 0 Å². The summed E-state index contributed by atoms with van der Waals surface area (Å²) in [5.41, 5.74) is 4.52. The summed E-state index contributed by atoms with van der Waals surface area (Å²) in [6, 6.07) is 4.76. The Labute approximate surface area is 140 Å².